The van der Waals surface area contributed by atoms with E-state index < -0.39 is 18.0 Å². The van der Waals surface area contributed by atoms with E-state index in [1.807, 2.05) is 45.4 Å². The first-order chi connectivity index (χ1) is 13.7. The van der Waals surface area contributed by atoms with Gasteiger partial charge in [0.25, 0.3) is 10.1 Å². The molecule has 4 fully saturated rings. The number of rotatable bonds is 2. The fourth-order valence-electron chi connectivity index (χ4n) is 6.07. The van der Waals surface area contributed by atoms with Gasteiger partial charge in [0.15, 0.2) is 5.49 Å². The monoisotopic (exact) mass is 577 g/mol. The Morgan fingerprint density at radius 1 is 1.00 bits per heavy atom. The third-order valence-corrected chi connectivity index (χ3v) is 10.9. The molecule has 0 amide bonds. The van der Waals surface area contributed by atoms with Gasteiger partial charge < -0.3 is 7.43 Å². The van der Waals surface area contributed by atoms with E-state index in [1.54, 1.807) is 38.5 Å². The normalized spacial score (nSPS) is 27.8. The molecule has 190 valence electrons. The molecule has 0 aliphatic heterocycles. The predicted octanol–water partition coefficient (Wildman–Crippen LogP) is 6.70. The van der Waals surface area contributed by atoms with Gasteiger partial charge in [-0.05, 0) is 93.1 Å². The van der Waals surface area contributed by atoms with Gasteiger partial charge in [-0.2, -0.15) is 8.42 Å². The van der Waals surface area contributed by atoms with E-state index in [-0.39, 0.29) is 33.3 Å². The zero-order chi connectivity index (χ0) is 22.7. The molecule has 1 aromatic heterocycles. The molecule has 1 N–H and O–H groups in total. The van der Waals surface area contributed by atoms with Gasteiger partial charge in [-0.1, -0.05) is 26.8 Å². The molecule has 0 unspecified atom stereocenters. The minimum atomic E-state index is -3.68. The van der Waals surface area contributed by atoms with Crippen LogP contribution in [0.4, 0.5) is 0 Å². The van der Waals surface area contributed by atoms with Crippen molar-refractivity contribution in [2.45, 2.75) is 73.1 Å². The summed E-state index contributed by atoms with van der Waals surface area (Å²) in [4.78, 5) is 4.17. The van der Waals surface area contributed by atoms with Crippen LogP contribution in [0, 0.1) is 49.9 Å². The number of nitrogens with zero attached hydrogens (tertiary/aromatic N) is 1. The molecule has 0 aromatic carbocycles. The first kappa shape index (κ1) is 32.2. The summed E-state index contributed by atoms with van der Waals surface area (Å²) in [7, 11) is -4.51. The molecule has 4 bridgehead atoms. The first-order valence-electron chi connectivity index (χ1n) is 11.3. The van der Waals surface area contributed by atoms with Gasteiger partial charge in [0.1, 0.15) is 0 Å². The Labute approximate surface area is 213 Å². The van der Waals surface area contributed by atoms with E-state index in [0.717, 1.165) is 34.6 Å². The maximum absolute atomic E-state index is 10.0. The molecule has 0 spiro atoms. The van der Waals surface area contributed by atoms with Crippen molar-refractivity contribution >= 4 is 18.0 Å². The molecule has 0 radical (unpaired) electrons. The van der Waals surface area contributed by atoms with Crippen molar-refractivity contribution in [3.05, 3.63) is 37.0 Å². The Kier molecular flexibility index (Phi) is 12.8. The van der Waals surface area contributed by atoms with Crippen LogP contribution in [0.3, 0.4) is 0 Å². The zero-order valence-corrected chi connectivity index (χ0v) is 24.7. The van der Waals surface area contributed by atoms with Crippen LogP contribution < -0.4 is 0 Å². The van der Waals surface area contributed by atoms with E-state index in [1.165, 1.54) is 0 Å². The summed E-state index contributed by atoms with van der Waals surface area (Å²) in [5, 5.41) is 0. The summed E-state index contributed by atoms with van der Waals surface area (Å²) in [6, 6.07) is 6.00. The van der Waals surface area contributed by atoms with Crippen LogP contribution in [-0.4, -0.2) is 36.8 Å². The SMILES string of the molecule is CC(C)(C)C12CC3CC(CC(C3)C1)C2.C[PH+](C)CS(=O)(=O)O.Cc1cccc(C)n1.[CH3-].[Pd]. The molecule has 1 heterocycles. The topological polar surface area (TPSA) is 67.3 Å². The average molecular weight is 578 g/mol. The Morgan fingerprint density at radius 2 is 1.38 bits per heavy atom. The van der Waals surface area contributed by atoms with E-state index in [0.29, 0.717) is 5.41 Å². The Balaban J connectivity index is 0.000000469. The number of hydrogen-bond acceptors (Lipinski definition) is 3. The van der Waals surface area contributed by atoms with Crippen LogP contribution in [0.25, 0.3) is 0 Å². The van der Waals surface area contributed by atoms with Crippen LogP contribution in [0.5, 0.6) is 0 Å². The molecular formula is C25H46NO3PPdS. The van der Waals surface area contributed by atoms with Gasteiger partial charge in [0.05, 0.1) is 0 Å². The van der Waals surface area contributed by atoms with Crippen molar-refractivity contribution in [1.82, 2.24) is 4.98 Å². The van der Waals surface area contributed by atoms with Gasteiger partial charge in [0, 0.05) is 53.1 Å². The molecule has 7 heteroatoms. The summed E-state index contributed by atoms with van der Waals surface area (Å²) < 4.78 is 28.2. The summed E-state index contributed by atoms with van der Waals surface area (Å²) in [6.45, 7) is 15.1. The maximum atomic E-state index is 10.0. The Morgan fingerprint density at radius 3 is 1.56 bits per heavy atom. The van der Waals surface area contributed by atoms with E-state index >= 15 is 0 Å². The molecule has 32 heavy (non-hydrogen) atoms. The molecule has 1 aromatic rings. The number of aromatic nitrogens is 1. The van der Waals surface area contributed by atoms with Crippen molar-refractivity contribution in [3.8, 4) is 0 Å². The van der Waals surface area contributed by atoms with Crippen molar-refractivity contribution in [3.63, 3.8) is 0 Å². The fraction of sp³-hybridized carbons (Fsp3) is 0.760. The zero-order valence-electron chi connectivity index (χ0n) is 21.3. The molecule has 4 aliphatic rings. The second-order valence-electron chi connectivity index (χ2n) is 11.3. The van der Waals surface area contributed by atoms with Crippen molar-refractivity contribution < 1.29 is 33.4 Å². The largest absolute Gasteiger partial charge is 0.358 e. The first-order valence-corrected chi connectivity index (χ1v) is 15.7. The molecule has 5 rings (SSSR count). The Bertz CT molecular complexity index is 753. The summed E-state index contributed by atoms with van der Waals surface area (Å²) >= 11 is 0. The fourth-order valence-corrected chi connectivity index (χ4v) is 8.99. The number of pyridine rings is 1. The van der Waals surface area contributed by atoms with E-state index in [2.05, 4.69) is 25.8 Å². The van der Waals surface area contributed by atoms with Crippen LogP contribution in [0.15, 0.2) is 18.2 Å². The molecule has 0 atom stereocenters. The third-order valence-electron chi connectivity index (χ3n) is 7.13. The summed E-state index contributed by atoms with van der Waals surface area (Å²) in [5.74, 6) is 3.33. The minimum absolute atomic E-state index is 0. The van der Waals surface area contributed by atoms with Crippen molar-refractivity contribution in [2.24, 2.45) is 28.6 Å². The van der Waals surface area contributed by atoms with E-state index in [4.69, 9.17) is 4.55 Å². The van der Waals surface area contributed by atoms with Crippen molar-refractivity contribution in [2.75, 3.05) is 18.8 Å². The molecule has 4 aliphatic carbocycles. The molecule has 4 nitrogen and oxygen atoms in total. The third kappa shape index (κ3) is 9.79. The van der Waals surface area contributed by atoms with Gasteiger partial charge in [-0.25, -0.2) is 0 Å². The van der Waals surface area contributed by atoms with Crippen LogP contribution >= 0.6 is 7.92 Å². The molecule has 0 saturated heterocycles. The second-order valence-corrected chi connectivity index (χ2v) is 16.0. The van der Waals surface area contributed by atoms with Crippen LogP contribution in [0.1, 0.15) is 70.7 Å². The quantitative estimate of drug-likeness (QED) is 0.184. The summed E-state index contributed by atoms with van der Waals surface area (Å²) in [6.07, 6.45) is 9.41. The number of hydrogen-bond donors (Lipinski definition) is 1. The predicted molar refractivity (Wildman–Crippen MR) is 137 cm³/mol. The van der Waals surface area contributed by atoms with Gasteiger partial charge in [-0.3, -0.25) is 9.54 Å². The van der Waals surface area contributed by atoms with Gasteiger partial charge >= 0.3 is 0 Å². The van der Waals surface area contributed by atoms with Gasteiger partial charge in [0.2, 0.25) is 0 Å². The molecular weight excluding hydrogens is 532 g/mol. The second kappa shape index (κ2) is 12.7. The molecule has 4 saturated carbocycles. The van der Waals surface area contributed by atoms with E-state index in [9.17, 15) is 8.42 Å². The number of aryl methyl sites for hydroxylation is 2. The smallest absolute Gasteiger partial charge is 0.299 e. The average Bonchev–Trinajstić information content (AvgIpc) is 2.51. The van der Waals surface area contributed by atoms with Crippen molar-refractivity contribution in [1.29, 1.82) is 0 Å². The standard InChI is InChI=1S/C14H24.C7H9N.C3H9O3PS.CH3.Pd/c1-13(2,3)14-7-10-4-11(8-14)6-12(5-10)9-14;1-6-4-3-5-7(2)8-6;1-7(2)3-8(4,5)6;;/h10-12H,4-9H2,1-3H3;3-5H,1-2H3;3H2,1-2H3,(H,4,5,6);1H3;/q;;;-1;/p+1. The minimum Gasteiger partial charge on any atom is -0.358 e. The van der Waals surface area contributed by atoms with Crippen LogP contribution in [0.2, 0.25) is 0 Å². The van der Waals surface area contributed by atoms with Gasteiger partial charge in [-0.15, -0.1) is 0 Å². The Hall–Kier alpha value is 0.152. The summed E-state index contributed by atoms with van der Waals surface area (Å²) in [5.41, 5.74) is 3.43. The maximum Gasteiger partial charge on any atom is 0.299 e. The van der Waals surface area contributed by atoms with Crippen LogP contribution in [-0.2, 0) is 30.5 Å².